The normalized spacial score (nSPS) is 11.2. The highest BCUT2D eigenvalue weighted by atomic mass is 14.7. The zero-order valence-corrected chi connectivity index (χ0v) is 13.0. The van der Waals surface area contributed by atoms with Crippen molar-refractivity contribution in [2.45, 2.75) is 46.0 Å². The van der Waals surface area contributed by atoms with Crippen LogP contribution in [-0.4, -0.2) is 5.71 Å². The van der Waals surface area contributed by atoms with Crippen molar-refractivity contribution in [3.8, 4) is 12.0 Å². The summed E-state index contributed by atoms with van der Waals surface area (Å²) >= 11 is 0. The van der Waals surface area contributed by atoms with Crippen LogP contribution in [0.15, 0.2) is 47.5 Å². The van der Waals surface area contributed by atoms with Crippen molar-refractivity contribution in [1.29, 1.82) is 0 Å². The van der Waals surface area contributed by atoms with E-state index >= 15 is 0 Å². The maximum absolute atomic E-state index is 4.57. The van der Waals surface area contributed by atoms with Crippen LogP contribution < -0.4 is 0 Å². The first-order valence-electron chi connectivity index (χ1n) is 7.89. The van der Waals surface area contributed by atoms with Crippen LogP contribution in [0, 0.1) is 12.0 Å². The van der Waals surface area contributed by atoms with E-state index in [0.717, 1.165) is 31.4 Å². The number of benzene rings is 2. The van der Waals surface area contributed by atoms with Crippen molar-refractivity contribution in [3.05, 3.63) is 48.0 Å². The van der Waals surface area contributed by atoms with Crippen LogP contribution in [0.5, 0.6) is 0 Å². The number of rotatable bonds is 5. The molecular weight excluding hydrogens is 254 g/mol. The molecule has 0 atom stereocenters. The molecule has 1 nitrogen and oxygen atoms in total. The second-order valence-electron chi connectivity index (χ2n) is 5.23. The average molecular weight is 277 g/mol. The summed E-state index contributed by atoms with van der Waals surface area (Å²) in [5, 5.41) is 2.54. The molecule has 0 aromatic heterocycles. The number of unbranched alkanes of at least 4 members (excludes halogenated alkanes) is 2. The number of fused-ring (bicyclic) bond motifs is 1. The molecule has 2 aromatic carbocycles. The SMILES string of the molecule is CCCC#CN=C(CCCC)c1cccc2ccccc12. The highest BCUT2D eigenvalue weighted by molar-refractivity contribution is 6.11. The van der Waals surface area contributed by atoms with Crippen molar-refractivity contribution in [3.63, 3.8) is 0 Å². The average Bonchev–Trinajstić information content (AvgIpc) is 2.54. The van der Waals surface area contributed by atoms with Gasteiger partial charge in [-0.3, -0.25) is 0 Å². The molecule has 21 heavy (non-hydrogen) atoms. The number of hydrogen-bond acceptors (Lipinski definition) is 1. The second kappa shape index (κ2) is 8.27. The molecule has 2 rings (SSSR count). The molecule has 0 amide bonds. The maximum atomic E-state index is 4.57. The maximum Gasteiger partial charge on any atom is 0.0589 e. The van der Waals surface area contributed by atoms with Crippen LogP contribution in [0.25, 0.3) is 10.8 Å². The summed E-state index contributed by atoms with van der Waals surface area (Å²) in [6, 6.07) is 17.9. The molecule has 108 valence electrons. The Morgan fingerprint density at radius 2 is 1.81 bits per heavy atom. The Hall–Kier alpha value is -2.07. The van der Waals surface area contributed by atoms with Crippen molar-refractivity contribution >= 4 is 16.5 Å². The molecular formula is C20H23N. The summed E-state index contributed by atoms with van der Waals surface area (Å²) in [5.74, 6) is 3.12. The molecule has 0 saturated carbocycles. The molecule has 0 aliphatic heterocycles. The van der Waals surface area contributed by atoms with Gasteiger partial charge in [-0.2, -0.15) is 0 Å². The van der Waals surface area contributed by atoms with Gasteiger partial charge < -0.3 is 0 Å². The summed E-state index contributed by atoms with van der Waals surface area (Å²) < 4.78 is 0. The smallest absolute Gasteiger partial charge is 0.0589 e. The van der Waals surface area contributed by atoms with E-state index in [-0.39, 0.29) is 0 Å². The molecule has 0 heterocycles. The van der Waals surface area contributed by atoms with Crippen LogP contribution in [0.2, 0.25) is 0 Å². The first kappa shape index (κ1) is 15.3. The molecule has 2 aromatic rings. The lowest BCUT2D eigenvalue weighted by atomic mass is 9.98. The van der Waals surface area contributed by atoms with E-state index in [2.05, 4.69) is 73.3 Å². The predicted molar refractivity (Wildman–Crippen MR) is 92.7 cm³/mol. The van der Waals surface area contributed by atoms with Crippen LogP contribution in [0.1, 0.15) is 51.5 Å². The van der Waals surface area contributed by atoms with Crippen molar-refractivity contribution in [1.82, 2.24) is 0 Å². The summed E-state index contributed by atoms with van der Waals surface area (Å²) in [5.41, 5.74) is 2.35. The second-order valence-corrected chi connectivity index (χ2v) is 5.23. The van der Waals surface area contributed by atoms with E-state index in [1.165, 1.54) is 22.8 Å². The summed E-state index contributed by atoms with van der Waals surface area (Å²) in [4.78, 5) is 4.57. The molecule has 0 saturated heterocycles. The van der Waals surface area contributed by atoms with Crippen LogP contribution in [0.3, 0.4) is 0 Å². The van der Waals surface area contributed by atoms with Crippen LogP contribution in [0.4, 0.5) is 0 Å². The van der Waals surface area contributed by atoms with Crippen molar-refractivity contribution < 1.29 is 0 Å². The summed E-state index contributed by atoms with van der Waals surface area (Å²) in [7, 11) is 0. The molecule has 0 N–H and O–H groups in total. The third-order valence-corrected chi connectivity index (χ3v) is 3.51. The van der Waals surface area contributed by atoms with Gasteiger partial charge in [-0.25, -0.2) is 4.99 Å². The Morgan fingerprint density at radius 1 is 1.00 bits per heavy atom. The van der Waals surface area contributed by atoms with Gasteiger partial charge in [-0.1, -0.05) is 68.7 Å². The Bertz CT molecular complexity index is 666. The third-order valence-electron chi connectivity index (χ3n) is 3.51. The zero-order chi connectivity index (χ0) is 14.9. The van der Waals surface area contributed by atoms with Gasteiger partial charge in [0.2, 0.25) is 0 Å². The Morgan fingerprint density at radius 3 is 2.62 bits per heavy atom. The van der Waals surface area contributed by atoms with Crippen LogP contribution in [-0.2, 0) is 0 Å². The van der Waals surface area contributed by atoms with E-state index < -0.39 is 0 Å². The summed E-state index contributed by atoms with van der Waals surface area (Å²) in [6.07, 6.45) is 5.32. The number of aliphatic imine (C=N–C) groups is 1. The summed E-state index contributed by atoms with van der Waals surface area (Å²) in [6.45, 7) is 4.35. The fourth-order valence-corrected chi connectivity index (χ4v) is 2.36. The van der Waals surface area contributed by atoms with Gasteiger partial charge in [-0.05, 0) is 30.0 Å². The molecule has 0 spiro atoms. The minimum Gasteiger partial charge on any atom is -0.202 e. The van der Waals surface area contributed by atoms with Crippen molar-refractivity contribution in [2.24, 2.45) is 4.99 Å². The molecule has 0 unspecified atom stereocenters. The molecule has 0 aliphatic rings. The standard InChI is InChI=1S/C20H23N/c1-3-5-9-16-21-20(15-6-4-2)19-14-10-12-17-11-7-8-13-18(17)19/h7-8,10-14H,3-6,15H2,1-2H3. The lowest BCUT2D eigenvalue weighted by Gasteiger charge is -2.08. The molecule has 0 radical (unpaired) electrons. The largest absolute Gasteiger partial charge is 0.202 e. The van der Waals surface area contributed by atoms with E-state index in [0.29, 0.717) is 0 Å². The number of nitrogens with zero attached hydrogens (tertiary/aromatic N) is 1. The van der Waals surface area contributed by atoms with E-state index in [1.54, 1.807) is 0 Å². The fraction of sp³-hybridized carbons (Fsp3) is 0.350. The van der Waals surface area contributed by atoms with Crippen LogP contribution >= 0.6 is 0 Å². The zero-order valence-electron chi connectivity index (χ0n) is 13.0. The van der Waals surface area contributed by atoms with Gasteiger partial charge in [0, 0.05) is 18.0 Å². The first-order valence-corrected chi connectivity index (χ1v) is 7.89. The topological polar surface area (TPSA) is 12.4 Å². The van der Waals surface area contributed by atoms with Gasteiger partial charge in [0.1, 0.15) is 0 Å². The quantitative estimate of drug-likeness (QED) is 0.499. The third kappa shape index (κ3) is 4.20. The Balaban J connectivity index is 2.41. The van der Waals surface area contributed by atoms with Crippen molar-refractivity contribution in [2.75, 3.05) is 0 Å². The van der Waals surface area contributed by atoms with Gasteiger partial charge in [0.15, 0.2) is 0 Å². The molecule has 0 fully saturated rings. The van der Waals surface area contributed by atoms with Gasteiger partial charge >= 0.3 is 0 Å². The molecule has 0 aliphatic carbocycles. The Labute approximate surface area is 128 Å². The fourth-order valence-electron chi connectivity index (χ4n) is 2.36. The molecule has 1 heteroatoms. The van der Waals surface area contributed by atoms with E-state index in [4.69, 9.17) is 0 Å². The Kier molecular flexibility index (Phi) is 6.03. The minimum atomic E-state index is 0.917. The lowest BCUT2D eigenvalue weighted by molar-refractivity contribution is 0.836. The van der Waals surface area contributed by atoms with Gasteiger partial charge in [-0.15, -0.1) is 0 Å². The van der Waals surface area contributed by atoms with Gasteiger partial charge in [0.05, 0.1) is 5.71 Å². The number of hydrogen-bond donors (Lipinski definition) is 0. The van der Waals surface area contributed by atoms with Gasteiger partial charge in [0.25, 0.3) is 0 Å². The molecule has 0 bridgehead atoms. The first-order chi connectivity index (χ1) is 10.4. The highest BCUT2D eigenvalue weighted by Crippen LogP contribution is 2.21. The lowest BCUT2D eigenvalue weighted by Crippen LogP contribution is -2.01. The minimum absolute atomic E-state index is 0.917. The monoisotopic (exact) mass is 277 g/mol. The highest BCUT2D eigenvalue weighted by Gasteiger charge is 2.07. The van der Waals surface area contributed by atoms with E-state index in [1.807, 2.05) is 0 Å². The van der Waals surface area contributed by atoms with E-state index in [9.17, 15) is 0 Å². The predicted octanol–water partition coefficient (Wildman–Crippen LogP) is 5.58.